The Morgan fingerprint density at radius 1 is 0.222 bits per heavy atom. The van der Waals surface area contributed by atoms with Crippen molar-refractivity contribution in [3.8, 4) is 0 Å². The van der Waals surface area contributed by atoms with E-state index in [1.165, 1.54) is 29.5 Å². The minimum atomic E-state index is 1.50. The average molecular weight is 252 g/mol. The van der Waals surface area contributed by atoms with Gasteiger partial charge in [-0.25, -0.2) is 0 Å². The minimum absolute atomic E-state index is 1.50. The molecule has 0 aliphatic carbocycles. The second kappa shape index (κ2) is 523. The maximum absolute atomic E-state index is 6.75. The number of hydrogen-bond donors (Lipinski definition) is 0. The van der Waals surface area contributed by atoms with Crippen LogP contribution in [0.5, 0.6) is 0 Å². The first-order valence-corrected chi connectivity index (χ1v) is 2.40. The molecule has 0 rings (SSSR count). The first-order valence-electron chi connectivity index (χ1n) is 2.40. The first kappa shape index (κ1) is 37.1. The van der Waals surface area contributed by atoms with Crippen LogP contribution in [0.25, 0.3) is 95.8 Å². The quantitative estimate of drug-likeness (QED) is 0.304. The molecule has 18 heteroatoms. The van der Waals surface area contributed by atoms with Gasteiger partial charge in [-0.3, -0.25) is 29.5 Å². The second-order valence-electron chi connectivity index (χ2n) is 0.537. The second-order valence-corrected chi connectivity index (χ2v) is 0.537. The zero-order chi connectivity index (χ0) is 16.2. The van der Waals surface area contributed by atoms with E-state index in [4.69, 9.17) is 66.4 Å². The number of nitrogens with zero attached hydrogens (tertiary/aromatic N) is 18. The molecule has 18 heavy (non-hydrogen) atoms. The Morgan fingerprint density at radius 2 is 0.222 bits per heavy atom. The van der Waals surface area contributed by atoms with E-state index >= 15 is 0 Å². The molecule has 0 atom stereocenters. The first-order chi connectivity index (χ1) is 8.49. The van der Waals surface area contributed by atoms with E-state index in [1.807, 2.05) is 0 Å². The zero-order valence-electron chi connectivity index (χ0n) is 8.05. The largest absolute Gasteiger partial charge is 0.373 e. The summed E-state index contributed by atoms with van der Waals surface area (Å²) in [7, 11) is 0. The Balaban J connectivity index is -0.0000000240. The van der Waals surface area contributed by atoms with Gasteiger partial charge in [-0.05, 0) is 0 Å². The molecule has 18 nitrogen and oxygen atoms in total. The van der Waals surface area contributed by atoms with Gasteiger partial charge < -0.3 is 66.4 Å². The molecular formula is N18-6. The van der Waals surface area contributed by atoms with Crippen LogP contribution in [-0.4, -0.2) is 0 Å². The molecule has 0 radical (unpaired) electrons. The van der Waals surface area contributed by atoms with Gasteiger partial charge in [0.1, 0.15) is 0 Å². The van der Waals surface area contributed by atoms with Crippen LogP contribution in [0.4, 0.5) is 0 Å². The van der Waals surface area contributed by atoms with Gasteiger partial charge in [0.2, 0.25) is 0 Å². The lowest BCUT2D eigenvalue weighted by Gasteiger charge is -1.32. The average Bonchev–Trinajstić information content (AvgIpc) is 2.23. The molecule has 0 spiro atoms. The van der Waals surface area contributed by atoms with Crippen molar-refractivity contribution in [3.05, 3.63) is 95.8 Å². The van der Waals surface area contributed by atoms with Crippen molar-refractivity contribution in [2.24, 2.45) is 0 Å². The summed E-state index contributed by atoms with van der Waals surface area (Å²) in [6, 6.07) is 0. The molecule has 0 aliphatic heterocycles. The van der Waals surface area contributed by atoms with Gasteiger partial charge in [-0.15, -0.1) is 0 Å². The highest BCUT2D eigenvalue weighted by atomic mass is 15.0. The molecule has 0 heterocycles. The van der Waals surface area contributed by atoms with Crippen LogP contribution < -0.4 is 0 Å². The summed E-state index contributed by atoms with van der Waals surface area (Å²) in [4.78, 5) is 9.00. The van der Waals surface area contributed by atoms with Gasteiger partial charge in [-0.2, -0.15) is 0 Å². The molecule has 0 saturated heterocycles. The maximum atomic E-state index is 6.75. The molecule has 0 fully saturated rings. The summed E-state index contributed by atoms with van der Waals surface area (Å²) >= 11 is 0. The van der Waals surface area contributed by atoms with Gasteiger partial charge in [0.25, 0.3) is 0 Å². The standard InChI is InChI=1S/6N3/c6*1-3-2/q6*-1. The van der Waals surface area contributed by atoms with Crippen molar-refractivity contribution in [2.45, 2.75) is 0 Å². The third kappa shape index (κ3) is 81.6. The Bertz CT molecular complexity index is 219. The Labute approximate surface area is 96.9 Å². The molecule has 0 bridgehead atoms. The van der Waals surface area contributed by atoms with Crippen LogP contribution >= 0.6 is 0 Å². The SMILES string of the molecule is [N-]=[N+]=[N-].[N-]=[N+]=[N-].[N-]=[N+]=[N-].[N-]=[N+]=[N-].[N-]=[N+]=[N-].[N-]=[N+]=[N-]. The van der Waals surface area contributed by atoms with E-state index in [1.54, 1.807) is 0 Å². The summed E-state index contributed by atoms with van der Waals surface area (Å²) in [5, 5.41) is 0. The van der Waals surface area contributed by atoms with Crippen LogP contribution in [0.3, 0.4) is 0 Å². The molecule has 0 saturated carbocycles. The van der Waals surface area contributed by atoms with Crippen LogP contribution in [-0.2, 0) is 0 Å². The normalized spacial score (nSPS) is 2.67. The number of hydrogen-bond acceptors (Lipinski definition) is 0. The van der Waals surface area contributed by atoms with E-state index < -0.39 is 0 Å². The lowest BCUT2D eigenvalue weighted by Crippen LogP contribution is -0.711. The Hall–Kier alpha value is -4.14. The lowest BCUT2D eigenvalue weighted by atomic mass is 13.0. The fourth-order valence-electron chi connectivity index (χ4n) is 0. The predicted octanol–water partition coefficient (Wildman–Crippen LogP) is 5.20. The van der Waals surface area contributed by atoms with Gasteiger partial charge in [0.15, 0.2) is 0 Å². The third-order valence-electron chi connectivity index (χ3n) is 0. The van der Waals surface area contributed by atoms with E-state index in [2.05, 4.69) is 0 Å². The monoisotopic (exact) mass is 252 g/mol. The van der Waals surface area contributed by atoms with Crippen LogP contribution in [0, 0.1) is 0 Å². The minimum Gasteiger partial charge on any atom is -0.373 e. The summed E-state index contributed by atoms with van der Waals surface area (Å²) in [6.07, 6.45) is 0. The fraction of sp³-hybridized carbons (Fsp3) is 0. The van der Waals surface area contributed by atoms with Crippen LogP contribution in [0.15, 0.2) is 0 Å². The fourth-order valence-corrected chi connectivity index (χ4v) is 0. The van der Waals surface area contributed by atoms with Crippen molar-refractivity contribution in [3.63, 3.8) is 0 Å². The van der Waals surface area contributed by atoms with Crippen LogP contribution in [0.2, 0.25) is 0 Å². The molecule has 0 aromatic rings. The summed E-state index contributed by atoms with van der Waals surface area (Å²) in [6.45, 7) is 0. The maximum Gasteiger partial charge on any atom is -0.255 e. The Morgan fingerprint density at radius 3 is 0.222 bits per heavy atom. The Kier molecular flexibility index (Phi) is 1080. The third-order valence-corrected chi connectivity index (χ3v) is 0. The van der Waals surface area contributed by atoms with Crippen molar-refractivity contribution in [1.82, 2.24) is 0 Å². The molecule has 0 N–H and O–H groups in total. The molecular weight excluding hydrogens is 252 g/mol. The van der Waals surface area contributed by atoms with Gasteiger partial charge in [0.05, 0.1) is 0 Å². The molecule has 0 aliphatic rings. The molecule has 0 aromatic heterocycles. The summed E-state index contributed by atoms with van der Waals surface area (Å²) in [5.74, 6) is 0. The van der Waals surface area contributed by atoms with E-state index in [0.29, 0.717) is 0 Å². The van der Waals surface area contributed by atoms with Crippen LogP contribution in [0.1, 0.15) is 0 Å². The highest BCUT2D eigenvalue weighted by Gasteiger charge is 0.703. The van der Waals surface area contributed by atoms with E-state index in [0.717, 1.165) is 0 Å². The van der Waals surface area contributed by atoms with Gasteiger partial charge in [0, 0.05) is 0 Å². The zero-order valence-corrected chi connectivity index (χ0v) is 8.05. The summed E-state index contributed by atoms with van der Waals surface area (Å²) < 4.78 is 0. The summed E-state index contributed by atoms with van der Waals surface area (Å²) in [5.41, 5.74) is 81.0. The number of rotatable bonds is 0. The van der Waals surface area contributed by atoms with Crippen molar-refractivity contribution in [1.29, 1.82) is 0 Å². The van der Waals surface area contributed by atoms with Gasteiger partial charge >= 0.3 is 0 Å². The van der Waals surface area contributed by atoms with E-state index in [-0.39, 0.29) is 0 Å². The highest BCUT2D eigenvalue weighted by Crippen LogP contribution is 1.30. The molecule has 96 valence electrons. The topological polar surface area (TPSA) is 352 Å². The van der Waals surface area contributed by atoms with Gasteiger partial charge in [-0.1, -0.05) is 0 Å². The highest BCUT2D eigenvalue weighted by molar-refractivity contribution is 4.37. The van der Waals surface area contributed by atoms with Crippen molar-refractivity contribution in [2.75, 3.05) is 0 Å². The molecule has 0 unspecified atom stereocenters. The van der Waals surface area contributed by atoms with E-state index in [9.17, 15) is 0 Å². The smallest absolute Gasteiger partial charge is 0.255 e. The lowest BCUT2D eigenvalue weighted by molar-refractivity contribution is 2.36. The van der Waals surface area contributed by atoms with Crippen molar-refractivity contribution < 1.29 is 0 Å². The predicted molar refractivity (Wildman–Crippen MR) is 60.5 cm³/mol. The van der Waals surface area contributed by atoms with Crippen molar-refractivity contribution >= 4 is 0 Å². The molecule has 0 amide bonds. The molecule has 0 aromatic carbocycles.